The van der Waals surface area contributed by atoms with E-state index in [1.165, 1.54) is 6.07 Å². The number of pyridine rings is 1. The fraction of sp³-hybridized carbons (Fsp3) is 0.286. The number of aromatic nitrogens is 1. The highest BCUT2D eigenvalue weighted by Gasteiger charge is 2.10. The van der Waals surface area contributed by atoms with Crippen molar-refractivity contribution in [1.29, 1.82) is 0 Å². The second-order valence-electron chi connectivity index (χ2n) is 6.33. The lowest BCUT2D eigenvalue weighted by Crippen LogP contribution is -2.28. The Morgan fingerprint density at radius 3 is 2.68 bits per heavy atom. The molecule has 0 fully saturated rings. The number of para-hydroxylation sites is 1. The maximum Gasteiger partial charge on any atom is 0.433 e. The highest BCUT2D eigenvalue weighted by Crippen LogP contribution is 2.23. The van der Waals surface area contributed by atoms with Gasteiger partial charge < -0.3 is 14.6 Å². The number of hydrogen-bond donors (Lipinski definition) is 1. The zero-order chi connectivity index (χ0) is 19.9. The fourth-order valence-electron chi connectivity index (χ4n) is 2.98. The number of fused-ring (bicyclic) bond motifs is 1. The van der Waals surface area contributed by atoms with Gasteiger partial charge in [0.2, 0.25) is 0 Å². The van der Waals surface area contributed by atoms with Crippen molar-refractivity contribution in [2.24, 2.45) is 0 Å². The molecule has 0 spiro atoms. The first kappa shape index (κ1) is 19.6. The zero-order valence-electron chi connectivity index (χ0n) is 16.1. The van der Waals surface area contributed by atoms with Crippen molar-refractivity contribution in [1.82, 2.24) is 9.88 Å². The van der Waals surface area contributed by atoms with Crippen molar-refractivity contribution in [2.75, 3.05) is 31.5 Å². The first-order valence-corrected chi connectivity index (χ1v) is 9.39. The van der Waals surface area contributed by atoms with E-state index in [9.17, 15) is 10.1 Å². The molecular formula is C21H24N4O3. The van der Waals surface area contributed by atoms with E-state index in [1.54, 1.807) is 18.2 Å². The first-order valence-electron chi connectivity index (χ1n) is 9.39. The molecule has 0 bridgehead atoms. The molecule has 1 aromatic carbocycles. The molecule has 146 valence electrons. The number of furan rings is 1. The molecule has 0 saturated heterocycles. The predicted molar refractivity (Wildman–Crippen MR) is 112 cm³/mol. The van der Waals surface area contributed by atoms with Gasteiger partial charge in [-0.25, -0.2) is 4.98 Å². The lowest BCUT2D eigenvalue weighted by atomic mass is 10.1. The maximum absolute atomic E-state index is 10.7. The third-order valence-corrected chi connectivity index (χ3v) is 4.59. The van der Waals surface area contributed by atoms with E-state index in [2.05, 4.69) is 24.1 Å². The van der Waals surface area contributed by atoms with E-state index < -0.39 is 4.92 Å². The summed E-state index contributed by atoms with van der Waals surface area (Å²) < 4.78 is 5.14. The molecule has 0 aliphatic rings. The van der Waals surface area contributed by atoms with Gasteiger partial charge in [0.25, 0.3) is 0 Å². The van der Waals surface area contributed by atoms with E-state index in [1.807, 2.05) is 30.3 Å². The number of nitrogens with zero attached hydrogens (tertiary/aromatic N) is 3. The molecule has 2 heterocycles. The fourth-order valence-corrected chi connectivity index (χ4v) is 2.98. The van der Waals surface area contributed by atoms with E-state index >= 15 is 0 Å². The summed E-state index contributed by atoms with van der Waals surface area (Å²) in [6, 6.07) is 12.9. The van der Waals surface area contributed by atoms with Gasteiger partial charge in [-0.2, -0.15) is 0 Å². The van der Waals surface area contributed by atoms with Crippen LogP contribution in [0.4, 0.5) is 11.6 Å². The van der Waals surface area contributed by atoms with Crippen LogP contribution in [0, 0.1) is 10.1 Å². The number of benzene rings is 1. The van der Waals surface area contributed by atoms with E-state index in [-0.39, 0.29) is 5.88 Å². The van der Waals surface area contributed by atoms with Crippen LogP contribution in [0.5, 0.6) is 0 Å². The van der Waals surface area contributed by atoms with Crippen molar-refractivity contribution in [3.63, 3.8) is 0 Å². The Morgan fingerprint density at radius 1 is 1.14 bits per heavy atom. The standard InChI is InChI=1S/C21H24N4O3/c1-3-24(4-2)15-14-22-19-7-5-6-16-8-9-17(23-21(16)19)10-11-18-12-13-20(28-18)25(26)27/h5-13,22H,3-4,14-15H2,1-2H3/b11-10+. The largest absolute Gasteiger partial charge is 0.433 e. The Labute approximate surface area is 163 Å². The molecule has 0 radical (unpaired) electrons. The molecule has 0 aliphatic carbocycles. The van der Waals surface area contributed by atoms with Crippen LogP contribution in [0.1, 0.15) is 25.3 Å². The van der Waals surface area contributed by atoms with Crippen molar-refractivity contribution in [2.45, 2.75) is 13.8 Å². The Kier molecular flexibility index (Phi) is 6.39. The second kappa shape index (κ2) is 9.14. The zero-order valence-corrected chi connectivity index (χ0v) is 16.1. The first-order chi connectivity index (χ1) is 13.6. The van der Waals surface area contributed by atoms with Crippen LogP contribution in [0.15, 0.2) is 46.9 Å². The molecule has 0 atom stereocenters. The van der Waals surface area contributed by atoms with Gasteiger partial charge in [-0.1, -0.05) is 32.0 Å². The predicted octanol–water partition coefficient (Wildman–Crippen LogP) is 4.66. The number of nitrogens with one attached hydrogen (secondary N) is 1. The Balaban J connectivity index is 1.77. The summed E-state index contributed by atoms with van der Waals surface area (Å²) in [5.41, 5.74) is 2.65. The van der Waals surface area contributed by atoms with Gasteiger partial charge >= 0.3 is 5.88 Å². The average molecular weight is 380 g/mol. The second-order valence-corrected chi connectivity index (χ2v) is 6.33. The topological polar surface area (TPSA) is 84.4 Å². The van der Waals surface area contributed by atoms with Crippen molar-refractivity contribution >= 4 is 34.6 Å². The molecule has 0 saturated carbocycles. The van der Waals surface area contributed by atoms with Gasteiger partial charge in [-0.15, -0.1) is 0 Å². The highest BCUT2D eigenvalue weighted by atomic mass is 16.6. The number of likely N-dealkylation sites (N-methyl/N-ethyl adjacent to an activating group) is 1. The SMILES string of the molecule is CCN(CC)CCNc1cccc2ccc(/C=C/c3ccc([N+](=O)[O-])o3)nc12. The molecule has 3 rings (SSSR count). The minimum atomic E-state index is -0.554. The molecule has 1 N–H and O–H groups in total. The van der Waals surface area contributed by atoms with Crippen LogP contribution >= 0.6 is 0 Å². The van der Waals surface area contributed by atoms with Gasteiger partial charge in [-0.3, -0.25) is 10.1 Å². The number of anilines is 1. The van der Waals surface area contributed by atoms with Crippen LogP contribution in [-0.4, -0.2) is 41.0 Å². The third-order valence-electron chi connectivity index (χ3n) is 4.59. The highest BCUT2D eigenvalue weighted by molar-refractivity contribution is 5.91. The van der Waals surface area contributed by atoms with Crippen LogP contribution in [-0.2, 0) is 0 Å². The van der Waals surface area contributed by atoms with Crippen LogP contribution < -0.4 is 5.32 Å². The average Bonchev–Trinajstić information content (AvgIpc) is 3.19. The summed E-state index contributed by atoms with van der Waals surface area (Å²) in [6.07, 6.45) is 3.46. The molecule has 2 aromatic heterocycles. The van der Waals surface area contributed by atoms with Crippen molar-refractivity contribution < 1.29 is 9.34 Å². The van der Waals surface area contributed by atoms with Crippen molar-refractivity contribution in [3.05, 3.63) is 64.0 Å². The van der Waals surface area contributed by atoms with E-state index in [0.717, 1.165) is 48.5 Å². The Hall–Kier alpha value is -3.19. The Morgan fingerprint density at radius 2 is 1.96 bits per heavy atom. The molecule has 3 aromatic rings. The molecule has 0 amide bonds. The van der Waals surface area contributed by atoms with Crippen LogP contribution in [0.3, 0.4) is 0 Å². The van der Waals surface area contributed by atoms with Gasteiger partial charge in [0.1, 0.15) is 10.7 Å². The molecule has 0 aliphatic heterocycles. The molecule has 7 heteroatoms. The smallest absolute Gasteiger partial charge is 0.401 e. The van der Waals surface area contributed by atoms with Crippen LogP contribution in [0.2, 0.25) is 0 Å². The van der Waals surface area contributed by atoms with Crippen LogP contribution in [0.25, 0.3) is 23.1 Å². The van der Waals surface area contributed by atoms with E-state index in [4.69, 9.17) is 9.40 Å². The normalized spacial score (nSPS) is 11.5. The summed E-state index contributed by atoms with van der Waals surface area (Å²) >= 11 is 0. The Bertz CT molecular complexity index is 977. The maximum atomic E-state index is 10.7. The summed E-state index contributed by atoms with van der Waals surface area (Å²) in [5.74, 6) is 0.144. The summed E-state index contributed by atoms with van der Waals surface area (Å²) in [4.78, 5) is 17.2. The summed E-state index contributed by atoms with van der Waals surface area (Å²) in [7, 11) is 0. The summed E-state index contributed by atoms with van der Waals surface area (Å²) in [5, 5.41) is 15.2. The number of rotatable bonds is 9. The van der Waals surface area contributed by atoms with Gasteiger partial charge in [0.15, 0.2) is 0 Å². The molecular weight excluding hydrogens is 356 g/mol. The monoisotopic (exact) mass is 380 g/mol. The van der Waals surface area contributed by atoms with Gasteiger partial charge in [-0.05, 0) is 43.4 Å². The van der Waals surface area contributed by atoms with Gasteiger partial charge in [0, 0.05) is 18.5 Å². The number of hydrogen-bond acceptors (Lipinski definition) is 6. The minimum Gasteiger partial charge on any atom is -0.401 e. The lowest BCUT2D eigenvalue weighted by molar-refractivity contribution is -0.402. The molecule has 28 heavy (non-hydrogen) atoms. The number of nitro groups is 1. The quantitative estimate of drug-likeness (QED) is 0.429. The van der Waals surface area contributed by atoms with Crippen molar-refractivity contribution in [3.8, 4) is 0 Å². The van der Waals surface area contributed by atoms with Gasteiger partial charge in [0.05, 0.1) is 23.0 Å². The molecule has 0 unspecified atom stereocenters. The summed E-state index contributed by atoms with van der Waals surface area (Å²) in [6.45, 7) is 8.21. The molecule has 7 nitrogen and oxygen atoms in total. The van der Waals surface area contributed by atoms with E-state index in [0.29, 0.717) is 5.76 Å². The third kappa shape index (κ3) is 4.75. The minimum absolute atomic E-state index is 0.272. The lowest BCUT2D eigenvalue weighted by Gasteiger charge is -2.18.